The summed E-state index contributed by atoms with van der Waals surface area (Å²) in [5.41, 5.74) is 16.5. The van der Waals surface area contributed by atoms with Crippen LogP contribution >= 0.6 is 0 Å². The monoisotopic (exact) mass is 736 g/mol. The second-order valence-corrected chi connectivity index (χ2v) is 15.3. The van der Waals surface area contributed by atoms with Gasteiger partial charge in [-0.3, -0.25) is 0 Å². The highest BCUT2D eigenvalue weighted by Crippen LogP contribution is 2.50. The van der Waals surface area contributed by atoms with Gasteiger partial charge in [0, 0.05) is 38.9 Å². The largest absolute Gasteiger partial charge is 0.310 e. The normalized spacial score (nSPS) is 14.0. The van der Waals surface area contributed by atoms with Gasteiger partial charge in [-0.15, -0.1) is 0 Å². The molecule has 0 unspecified atom stereocenters. The van der Waals surface area contributed by atoms with Gasteiger partial charge in [0.05, 0.1) is 19.3 Å². The Hall–Kier alpha value is -7.16. The van der Waals surface area contributed by atoms with Crippen molar-refractivity contribution in [3.05, 3.63) is 217 Å². The number of hydrogen-bond donors (Lipinski definition) is 0. The molecule has 8 aromatic carbocycles. The SMILES string of the molecule is [2H]C([2H])=C([2H])c1ccc(-c2ccc(N(c3ccc(-c4ccc5c(c4)c4ccccc4n5-c4ccc(C([2H])=C([2H])[2H])cc4)cc3)c3ccc4c(c3)C(C)(C)c3ccccc3-4)cc2)cc1. The molecule has 0 N–H and O–H groups in total. The van der Waals surface area contributed by atoms with E-state index in [2.05, 4.69) is 151 Å². The molecule has 0 saturated heterocycles. The third-order valence-corrected chi connectivity index (χ3v) is 11.7. The van der Waals surface area contributed by atoms with E-state index >= 15 is 0 Å². The lowest BCUT2D eigenvalue weighted by atomic mass is 9.82. The number of rotatable bonds is 8. The molecule has 57 heavy (non-hydrogen) atoms. The molecule has 0 radical (unpaired) electrons. The fourth-order valence-corrected chi connectivity index (χ4v) is 8.75. The van der Waals surface area contributed by atoms with Crippen LogP contribution in [0.4, 0.5) is 17.1 Å². The van der Waals surface area contributed by atoms with E-state index in [4.69, 9.17) is 8.22 Å². The average molecular weight is 737 g/mol. The van der Waals surface area contributed by atoms with Crippen LogP contribution < -0.4 is 4.90 Å². The Morgan fingerprint density at radius 3 is 1.70 bits per heavy atom. The van der Waals surface area contributed by atoms with Gasteiger partial charge < -0.3 is 9.47 Å². The molecule has 0 aliphatic heterocycles. The summed E-state index contributed by atoms with van der Waals surface area (Å²) in [4.78, 5) is 2.31. The number of anilines is 3. The van der Waals surface area contributed by atoms with E-state index in [9.17, 15) is 0 Å². The van der Waals surface area contributed by atoms with E-state index in [1.165, 1.54) is 22.3 Å². The Morgan fingerprint density at radius 2 is 1.02 bits per heavy atom. The van der Waals surface area contributed by atoms with Crippen molar-refractivity contribution >= 4 is 51.0 Å². The molecule has 1 aromatic heterocycles. The number of para-hydroxylation sites is 1. The smallest absolute Gasteiger partial charge is 0.0623 e. The molecule has 0 spiro atoms. The topological polar surface area (TPSA) is 8.17 Å². The number of fused-ring (bicyclic) bond motifs is 6. The van der Waals surface area contributed by atoms with Gasteiger partial charge in [-0.2, -0.15) is 0 Å². The number of benzene rings is 8. The fraction of sp³-hybridized carbons (Fsp3) is 0.0545. The molecule has 2 heteroatoms. The van der Waals surface area contributed by atoms with Gasteiger partial charge in [0.15, 0.2) is 0 Å². The van der Waals surface area contributed by atoms with Crippen LogP contribution in [0, 0.1) is 0 Å². The van der Waals surface area contributed by atoms with Crippen LogP contribution in [0.15, 0.2) is 195 Å². The van der Waals surface area contributed by atoms with Gasteiger partial charge >= 0.3 is 0 Å². The summed E-state index contributed by atoms with van der Waals surface area (Å²) in [5.74, 6) is 0. The van der Waals surface area contributed by atoms with Crippen molar-refractivity contribution in [3.8, 4) is 39.1 Å². The Bertz CT molecular complexity index is 3280. The zero-order valence-corrected chi connectivity index (χ0v) is 31.7. The first-order chi connectivity index (χ1) is 30.5. The van der Waals surface area contributed by atoms with Gasteiger partial charge in [-0.05, 0) is 122 Å². The molecule has 1 aliphatic carbocycles. The summed E-state index contributed by atoms with van der Waals surface area (Å²) in [7, 11) is 0. The minimum atomic E-state index is -0.505. The van der Waals surface area contributed by atoms with Crippen LogP contribution in [0.1, 0.15) is 44.3 Å². The summed E-state index contributed by atoms with van der Waals surface area (Å²) >= 11 is 0. The minimum Gasteiger partial charge on any atom is -0.310 e. The lowest BCUT2D eigenvalue weighted by molar-refractivity contribution is 0.660. The molecular formula is C55H42N2. The maximum atomic E-state index is 8.11. The van der Waals surface area contributed by atoms with Crippen molar-refractivity contribution in [1.29, 1.82) is 0 Å². The third kappa shape index (κ3) is 5.72. The Morgan fingerprint density at radius 1 is 0.491 bits per heavy atom. The van der Waals surface area contributed by atoms with E-state index in [0.29, 0.717) is 11.1 Å². The van der Waals surface area contributed by atoms with E-state index in [1.807, 2.05) is 30.3 Å². The number of aromatic nitrogens is 1. The first-order valence-corrected chi connectivity index (χ1v) is 19.3. The summed E-state index contributed by atoms with van der Waals surface area (Å²) in [6.07, 6.45) is 0. The van der Waals surface area contributed by atoms with Gasteiger partial charge in [0.1, 0.15) is 0 Å². The van der Waals surface area contributed by atoms with Crippen molar-refractivity contribution in [1.82, 2.24) is 4.57 Å². The van der Waals surface area contributed by atoms with E-state index in [0.717, 1.165) is 66.8 Å². The molecule has 9 aromatic rings. The van der Waals surface area contributed by atoms with Gasteiger partial charge in [-0.25, -0.2) is 0 Å². The highest BCUT2D eigenvalue weighted by molar-refractivity contribution is 6.10. The molecule has 0 atom stereocenters. The van der Waals surface area contributed by atoms with E-state index in [-0.39, 0.29) is 17.5 Å². The van der Waals surface area contributed by atoms with Gasteiger partial charge in [0.25, 0.3) is 0 Å². The average Bonchev–Trinajstić information content (AvgIpc) is 3.76. The highest BCUT2D eigenvalue weighted by Gasteiger charge is 2.35. The fourth-order valence-electron chi connectivity index (χ4n) is 8.75. The van der Waals surface area contributed by atoms with E-state index in [1.54, 1.807) is 24.3 Å². The summed E-state index contributed by atoms with van der Waals surface area (Å²) < 4.78 is 48.6. The summed E-state index contributed by atoms with van der Waals surface area (Å²) in [5, 5.41) is 2.26. The van der Waals surface area contributed by atoms with Gasteiger partial charge in [-0.1, -0.05) is 154 Å². The maximum Gasteiger partial charge on any atom is 0.0623 e. The standard InChI is InChI=1S/C55H42N2/c1-5-37-15-19-39(20-16-37)40-21-28-43(29-22-40)56(46-32-33-48-47-11-7-9-13-51(47)55(3,4)52(48)36-46)44-30-23-41(24-31-44)42-25-34-54-50(35-42)49-12-8-10-14-53(49)57(54)45-26-17-38(6-2)18-27-45/h5-36H,1-2H2,3-4H3/i1D2,2D2,5D,6D. The van der Waals surface area contributed by atoms with Crippen LogP contribution in [0.3, 0.4) is 0 Å². The quantitative estimate of drug-likeness (QED) is 0.151. The van der Waals surface area contributed by atoms with Crippen LogP contribution in [0.5, 0.6) is 0 Å². The first-order valence-electron chi connectivity index (χ1n) is 22.3. The zero-order chi connectivity index (χ0) is 43.6. The molecule has 2 nitrogen and oxygen atoms in total. The summed E-state index contributed by atoms with van der Waals surface area (Å²) in [6.45, 7) is 3.60. The number of hydrogen-bond acceptors (Lipinski definition) is 1. The van der Waals surface area contributed by atoms with Crippen LogP contribution in [-0.2, 0) is 5.41 Å². The Balaban J connectivity index is 1.03. The Labute approximate surface area is 343 Å². The molecule has 0 saturated carbocycles. The number of nitrogens with zero attached hydrogens (tertiary/aromatic N) is 2. The van der Waals surface area contributed by atoms with Crippen molar-refractivity contribution in [3.63, 3.8) is 0 Å². The summed E-state index contributed by atoms with van der Waals surface area (Å²) in [6, 6.07) is 62.6. The van der Waals surface area contributed by atoms with Crippen molar-refractivity contribution in [2.24, 2.45) is 0 Å². The highest BCUT2D eigenvalue weighted by atomic mass is 15.1. The molecule has 0 fully saturated rings. The lowest BCUT2D eigenvalue weighted by Gasteiger charge is -2.28. The Kier molecular flexibility index (Phi) is 6.72. The first kappa shape index (κ1) is 28.3. The maximum absolute atomic E-state index is 8.11. The molecular weight excluding hydrogens is 689 g/mol. The predicted molar refractivity (Wildman–Crippen MR) is 244 cm³/mol. The lowest BCUT2D eigenvalue weighted by Crippen LogP contribution is -2.16. The van der Waals surface area contributed by atoms with E-state index < -0.39 is 13.1 Å². The second kappa shape index (κ2) is 13.5. The zero-order valence-electron chi connectivity index (χ0n) is 37.7. The predicted octanol–water partition coefficient (Wildman–Crippen LogP) is 15.2. The molecule has 10 rings (SSSR count). The third-order valence-electron chi connectivity index (χ3n) is 11.7. The van der Waals surface area contributed by atoms with Crippen LogP contribution in [0.25, 0.3) is 73.0 Å². The molecule has 272 valence electrons. The van der Waals surface area contributed by atoms with Crippen LogP contribution in [0.2, 0.25) is 0 Å². The molecule has 1 aliphatic rings. The van der Waals surface area contributed by atoms with Gasteiger partial charge in [0.2, 0.25) is 0 Å². The minimum absolute atomic E-state index is 0.0975. The van der Waals surface area contributed by atoms with Crippen molar-refractivity contribution in [2.45, 2.75) is 19.3 Å². The van der Waals surface area contributed by atoms with Crippen LogP contribution in [-0.4, -0.2) is 4.57 Å². The molecule has 0 bridgehead atoms. The molecule has 1 heterocycles. The van der Waals surface area contributed by atoms with Crippen molar-refractivity contribution < 1.29 is 8.22 Å². The second-order valence-electron chi connectivity index (χ2n) is 15.3. The van der Waals surface area contributed by atoms with Crippen molar-refractivity contribution in [2.75, 3.05) is 4.90 Å². The molecule has 0 amide bonds.